The number of rotatable bonds is 3. The van der Waals surface area contributed by atoms with E-state index in [-0.39, 0.29) is 6.42 Å². The lowest BCUT2D eigenvalue weighted by molar-refractivity contribution is -0.570. The summed E-state index contributed by atoms with van der Waals surface area (Å²) >= 11 is 2.95. The van der Waals surface area contributed by atoms with E-state index in [1.807, 2.05) is 0 Å². The molecule has 0 aromatic rings. The van der Waals surface area contributed by atoms with Crippen LogP contribution in [0.1, 0.15) is 6.42 Å². The first-order valence-electron chi connectivity index (χ1n) is 2.06. The van der Waals surface area contributed by atoms with Gasteiger partial charge in [-0.2, -0.15) is 0 Å². The highest BCUT2D eigenvalue weighted by Crippen LogP contribution is 1.94. The van der Waals surface area contributed by atoms with E-state index >= 15 is 0 Å². The Labute approximate surface area is 54.8 Å². The van der Waals surface area contributed by atoms with Crippen LogP contribution in [0.4, 0.5) is 0 Å². The number of halogens is 1. The standard InChI is InChI=1S/C3H6BrNO3/c4-2-1-3(6)5(7)8/h3,6H,1-2H2. The molecule has 0 rings (SSSR count). The molecule has 0 aromatic carbocycles. The average molecular weight is 184 g/mol. The number of aliphatic hydroxyl groups is 1. The van der Waals surface area contributed by atoms with E-state index in [1.165, 1.54) is 0 Å². The second kappa shape index (κ2) is 3.80. The van der Waals surface area contributed by atoms with E-state index < -0.39 is 11.2 Å². The van der Waals surface area contributed by atoms with Crippen LogP contribution in [0.3, 0.4) is 0 Å². The summed E-state index contributed by atoms with van der Waals surface area (Å²) in [5.74, 6) is 0. The smallest absolute Gasteiger partial charge is 0.313 e. The summed E-state index contributed by atoms with van der Waals surface area (Å²) in [5.41, 5.74) is 0. The molecule has 5 heteroatoms. The molecular formula is C3H6BrNO3. The average Bonchev–Trinajstić information content (AvgIpc) is 1.67. The topological polar surface area (TPSA) is 63.4 Å². The molecular weight excluding hydrogens is 178 g/mol. The van der Waals surface area contributed by atoms with Gasteiger partial charge in [0.25, 0.3) is 0 Å². The number of hydrogen-bond donors (Lipinski definition) is 1. The van der Waals surface area contributed by atoms with E-state index in [0.717, 1.165) is 0 Å². The summed E-state index contributed by atoms with van der Waals surface area (Å²) < 4.78 is 0. The SMILES string of the molecule is O=[N+]([O-])C(O)CCBr. The van der Waals surface area contributed by atoms with E-state index in [1.54, 1.807) is 0 Å². The minimum Gasteiger partial charge on any atom is -0.333 e. The molecule has 0 aliphatic carbocycles. The number of hydrogen-bond acceptors (Lipinski definition) is 3. The highest BCUT2D eigenvalue weighted by atomic mass is 79.9. The molecule has 0 aliphatic rings. The number of nitro groups is 1. The predicted molar refractivity (Wildman–Crippen MR) is 31.4 cm³/mol. The van der Waals surface area contributed by atoms with Gasteiger partial charge in [0.1, 0.15) is 0 Å². The van der Waals surface area contributed by atoms with Crippen molar-refractivity contribution in [3.63, 3.8) is 0 Å². The molecule has 4 nitrogen and oxygen atoms in total. The van der Waals surface area contributed by atoms with Gasteiger partial charge in [-0.1, -0.05) is 15.9 Å². The molecule has 0 saturated heterocycles. The largest absolute Gasteiger partial charge is 0.333 e. The van der Waals surface area contributed by atoms with Crippen LogP contribution in [0.15, 0.2) is 0 Å². The normalized spacial score (nSPS) is 13.2. The van der Waals surface area contributed by atoms with Gasteiger partial charge in [-0.25, -0.2) is 0 Å². The second-order valence-corrected chi connectivity index (χ2v) is 2.04. The van der Waals surface area contributed by atoms with Gasteiger partial charge in [-0.3, -0.25) is 10.1 Å². The molecule has 0 heterocycles. The van der Waals surface area contributed by atoms with Crippen molar-refractivity contribution < 1.29 is 10.0 Å². The first-order valence-corrected chi connectivity index (χ1v) is 3.18. The van der Waals surface area contributed by atoms with Gasteiger partial charge < -0.3 is 5.11 Å². The Hall–Kier alpha value is -0.160. The van der Waals surface area contributed by atoms with E-state index in [2.05, 4.69) is 15.9 Å². The van der Waals surface area contributed by atoms with Crippen molar-refractivity contribution >= 4 is 15.9 Å². The predicted octanol–water partition coefficient (Wildman–Crippen LogP) is 0.366. The maximum Gasteiger partial charge on any atom is 0.313 e. The molecule has 8 heavy (non-hydrogen) atoms. The van der Waals surface area contributed by atoms with E-state index in [4.69, 9.17) is 5.11 Å². The van der Waals surface area contributed by atoms with Gasteiger partial charge in [0.15, 0.2) is 0 Å². The van der Waals surface area contributed by atoms with Crippen LogP contribution < -0.4 is 0 Å². The first-order chi connectivity index (χ1) is 3.68. The Bertz CT molecular complexity index is 86.6. The van der Waals surface area contributed by atoms with Gasteiger partial charge >= 0.3 is 6.23 Å². The molecule has 48 valence electrons. The van der Waals surface area contributed by atoms with Gasteiger partial charge in [-0.15, -0.1) is 0 Å². The molecule has 1 N–H and O–H groups in total. The summed E-state index contributed by atoms with van der Waals surface area (Å²) in [5, 5.41) is 18.5. The highest BCUT2D eigenvalue weighted by molar-refractivity contribution is 9.09. The summed E-state index contributed by atoms with van der Waals surface area (Å²) in [6, 6.07) is 0. The Morgan fingerprint density at radius 3 is 2.50 bits per heavy atom. The lowest BCUT2D eigenvalue weighted by Crippen LogP contribution is -2.18. The van der Waals surface area contributed by atoms with Crippen LogP contribution in [0.25, 0.3) is 0 Å². The van der Waals surface area contributed by atoms with Crippen molar-refractivity contribution in [1.82, 2.24) is 0 Å². The van der Waals surface area contributed by atoms with Gasteiger partial charge in [0, 0.05) is 5.33 Å². The molecule has 0 spiro atoms. The molecule has 1 unspecified atom stereocenters. The van der Waals surface area contributed by atoms with Crippen molar-refractivity contribution in [1.29, 1.82) is 0 Å². The maximum atomic E-state index is 9.62. The Kier molecular flexibility index (Phi) is 3.72. The van der Waals surface area contributed by atoms with Crippen molar-refractivity contribution in [2.24, 2.45) is 0 Å². The number of alkyl halides is 1. The minimum absolute atomic E-state index is 0.160. The molecule has 0 aliphatic heterocycles. The zero-order valence-corrected chi connectivity index (χ0v) is 5.67. The molecule has 1 atom stereocenters. The molecule has 0 bridgehead atoms. The lowest BCUT2D eigenvalue weighted by Gasteiger charge is -1.96. The summed E-state index contributed by atoms with van der Waals surface area (Å²) in [4.78, 5) is 8.90. The fourth-order valence-electron chi connectivity index (χ4n) is 0.203. The van der Waals surface area contributed by atoms with Crippen molar-refractivity contribution in [2.45, 2.75) is 12.6 Å². The minimum atomic E-state index is -1.41. The quantitative estimate of drug-likeness (QED) is 0.298. The van der Waals surface area contributed by atoms with Crippen molar-refractivity contribution in [2.75, 3.05) is 5.33 Å². The van der Waals surface area contributed by atoms with Crippen molar-refractivity contribution in [3.05, 3.63) is 10.1 Å². The highest BCUT2D eigenvalue weighted by Gasteiger charge is 2.11. The van der Waals surface area contributed by atoms with Crippen LogP contribution in [-0.2, 0) is 0 Å². The van der Waals surface area contributed by atoms with E-state index in [0.29, 0.717) is 5.33 Å². The molecule has 0 saturated carbocycles. The molecule has 0 amide bonds. The van der Waals surface area contributed by atoms with Crippen LogP contribution in [-0.4, -0.2) is 21.6 Å². The summed E-state index contributed by atoms with van der Waals surface area (Å²) in [6.07, 6.45) is -1.25. The lowest BCUT2D eigenvalue weighted by atomic mass is 10.4. The first kappa shape index (κ1) is 7.84. The fourth-order valence-corrected chi connectivity index (χ4v) is 0.613. The third-order valence-electron chi connectivity index (χ3n) is 0.611. The third-order valence-corrected chi connectivity index (χ3v) is 1.07. The van der Waals surface area contributed by atoms with Crippen LogP contribution in [0.2, 0.25) is 0 Å². The zero-order chi connectivity index (χ0) is 6.57. The van der Waals surface area contributed by atoms with Gasteiger partial charge in [-0.05, 0) is 0 Å². The number of aliphatic hydroxyl groups excluding tert-OH is 1. The van der Waals surface area contributed by atoms with Crippen LogP contribution >= 0.6 is 15.9 Å². The number of nitrogens with zero attached hydrogens (tertiary/aromatic N) is 1. The monoisotopic (exact) mass is 183 g/mol. The van der Waals surface area contributed by atoms with Crippen molar-refractivity contribution in [3.8, 4) is 0 Å². The van der Waals surface area contributed by atoms with Gasteiger partial charge in [0.2, 0.25) is 0 Å². The van der Waals surface area contributed by atoms with Crippen LogP contribution in [0.5, 0.6) is 0 Å². The molecule has 0 radical (unpaired) electrons. The third kappa shape index (κ3) is 2.92. The molecule has 0 aromatic heterocycles. The summed E-state index contributed by atoms with van der Waals surface area (Å²) in [6.45, 7) is 0. The van der Waals surface area contributed by atoms with E-state index in [9.17, 15) is 10.1 Å². The second-order valence-electron chi connectivity index (χ2n) is 1.24. The Morgan fingerprint density at radius 1 is 1.88 bits per heavy atom. The summed E-state index contributed by atoms with van der Waals surface area (Å²) in [7, 11) is 0. The van der Waals surface area contributed by atoms with Crippen LogP contribution in [0, 0.1) is 10.1 Å². The molecule has 0 fully saturated rings. The Balaban J connectivity index is 3.32. The Morgan fingerprint density at radius 2 is 2.38 bits per heavy atom. The maximum absolute atomic E-state index is 9.62. The zero-order valence-electron chi connectivity index (χ0n) is 4.08. The fraction of sp³-hybridized carbons (Fsp3) is 1.00. The van der Waals surface area contributed by atoms with Gasteiger partial charge in [0.05, 0.1) is 11.3 Å².